The number of piperazine rings is 1. The van der Waals surface area contributed by atoms with Gasteiger partial charge in [0, 0.05) is 32.7 Å². The molecule has 1 saturated heterocycles. The lowest BCUT2D eigenvalue weighted by atomic mass is 10.1. The summed E-state index contributed by atoms with van der Waals surface area (Å²) in [6, 6.07) is 9.69. The number of benzene rings is 1. The summed E-state index contributed by atoms with van der Waals surface area (Å²) < 4.78 is 28.6. The van der Waals surface area contributed by atoms with E-state index in [1.54, 1.807) is 12.1 Å². The number of aliphatic hydroxyl groups excluding tert-OH is 1. The number of rotatable bonds is 6. The Bertz CT molecular complexity index is 702. The number of thiophene rings is 1. The molecule has 0 bridgehead atoms. The number of amides is 1. The van der Waals surface area contributed by atoms with Gasteiger partial charge in [0.05, 0.1) is 11.0 Å². The van der Waals surface area contributed by atoms with Crippen molar-refractivity contribution in [1.29, 1.82) is 0 Å². The summed E-state index contributed by atoms with van der Waals surface area (Å²) in [4.78, 5) is 17.0. The summed E-state index contributed by atoms with van der Waals surface area (Å²) >= 11 is 1.44. The first-order valence-electron chi connectivity index (χ1n) is 8.31. The average molecular weight is 382 g/mol. The standard InChI is InChI=1S/C18H20F2N2O3S/c19-18(20)25-14-5-3-13(4-6-14)15(23)12-21-7-9-22(10-8-21)17(24)16-2-1-11-26-16/h1-6,11,15,18,23H,7-10,12H2. The van der Waals surface area contributed by atoms with E-state index in [1.807, 2.05) is 22.4 Å². The van der Waals surface area contributed by atoms with Crippen molar-refractivity contribution in [3.8, 4) is 5.75 Å². The smallest absolute Gasteiger partial charge is 0.387 e. The summed E-state index contributed by atoms with van der Waals surface area (Å²) in [7, 11) is 0. The number of aliphatic hydroxyl groups is 1. The van der Waals surface area contributed by atoms with Crippen molar-refractivity contribution in [2.45, 2.75) is 12.7 Å². The minimum atomic E-state index is -2.86. The molecule has 0 spiro atoms. The van der Waals surface area contributed by atoms with E-state index in [-0.39, 0.29) is 11.7 Å². The zero-order valence-electron chi connectivity index (χ0n) is 14.1. The first-order chi connectivity index (χ1) is 12.5. The lowest BCUT2D eigenvalue weighted by Gasteiger charge is -2.35. The van der Waals surface area contributed by atoms with Crippen LogP contribution in [0.5, 0.6) is 5.75 Å². The lowest BCUT2D eigenvalue weighted by Crippen LogP contribution is -2.49. The predicted molar refractivity (Wildman–Crippen MR) is 94.7 cm³/mol. The van der Waals surface area contributed by atoms with Gasteiger partial charge >= 0.3 is 6.61 Å². The van der Waals surface area contributed by atoms with E-state index in [9.17, 15) is 18.7 Å². The maximum absolute atomic E-state index is 12.3. The molecule has 0 aliphatic carbocycles. The number of carbonyl (C=O) groups is 1. The molecule has 1 atom stereocenters. The molecule has 2 heterocycles. The number of carbonyl (C=O) groups excluding carboxylic acids is 1. The summed E-state index contributed by atoms with van der Waals surface area (Å²) in [5.74, 6) is 0.117. The third kappa shape index (κ3) is 4.78. The number of hydrogen-bond donors (Lipinski definition) is 1. The second kappa shape index (κ2) is 8.57. The molecule has 3 rings (SSSR count). The van der Waals surface area contributed by atoms with Crippen LogP contribution in [0.25, 0.3) is 0 Å². The van der Waals surface area contributed by atoms with Crippen LogP contribution in [0.2, 0.25) is 0 Å². The van der Waals surface area contributed by atoms with Crippen molar-refractivity contribution in [2.75, 3.05) is 32.7 Å². The van der Waals surface area contributed by atoms with Crippen molar-refractivity contribution in [2.24, 2.45) is 0 Å². The van der Waals surface area contributed by atoms with Gasteiger partial charge in [-0.15, -0.1) is 11.3 Å². The van der Waals surface area contributed by atoms with Crippen LogP contribution in [0.1, 0.15) is 21.3 Å². The van der Waals surface area contributed by atoms with E-state index in [2.05, 4.69) is 9.64 Å². The number of halogens is 2. The number of ether oxygens (including phenoxy) is 1. The number of nitrogens with zero attached hydrogens (tertiary/aromatic N) is 2. The highest BCUT2D eigenvalue weighted by Crippen LogP contribution is 2.21. The number of alkyl halides is 2. The van der Waals surface area contributed by atoms with Gasteiger partial charge in [0.15, 0.2) is 0 Å². The van der Waals surface area contributed by atoms with Crippen LogP contribution < -0.4 is 4.74 Å². The maximum Gasteiger partial charge on any atom is 0.387 e. The Labute approximate surface area is 154 Å². The van der Waals surface area contributed by atoms with E-state index >= 15 is 0 Å². The third-order valence-corrected chi connectivity index (χ3v) is 5.17. The number of hydrogen-bond acceptors (Lipinski definition) is 5. The normalized spacial score (nSPS) is 16.7. The topological polar surface area (TPSA) is 53.0 Å². The quantitative estimate of drug-likeness (QED) is 0.835. The molecular weight excluding hydrogens is 362 g/mol. The van der Waals surface area contributed by atoms with Crippen molar-refractivity contribution in [1.82, 2.24) is 9.80 Å². The van der Waals surface area contributed by atoms with E-state index in [4.69, 9.17) is 0 Å². The van der Waals surface area contributed by atoms with Crippen molar-refractivity contribution < 1.29 is 23.4 Å². The Morgan fingerprint density at radius 1 is 1.15 bits per heavy atom. The molecule has 5 nitrogen and oxygen atoms in total. The second-order valence-electron chi connectivity index (χ2n) is 6.03. The molecule has 2 aromatic rings. The van der Waals surface area contributed by atoms with Gasteiger partial charge in [0.2, 0.25) is 0 Å². The van der Waals surface area contributed by atoms with Gasteiger partial charge in [-0.1, -0.05) is 18.2 Å². The highest BCUT2D eigenvalue weighted by molar-refractivity contribution is 7.12. The van der Waals surface area contributed by atoms with E-state index in [0.717, 1.165) is 4.88 Å². The van der Waals surface area contributed by atoms with Gasteiger partial charge in [-0.05, 0) is 29.1 Å². The molecule has 1 fully saturated rings. The van der Waals surface area contributed by atoms with E-state index < -0.39 is 12.7 Å². The third-order valence-electron chi connectivity index (χ3n) is 4.31. The molecular formula is C18H20F2N2O3S. The fourth-order valence-electron chi connectivity index (χ4n) is 2.91. The summed E-state index contributed by atoms with van der Waals surface area (Å²) in [5, 5.41) is 12.2. The Kier molecular flexibility index (Phi) is 6.18. The Balaban J connectivity index is 1.48. The van der Waals surface area contributed by atoms with Gasteiger partial charge in [-0.25, -0.2) is 0 Å². The zero-order chi connectivity index (χ0) is 18.5. The van der Waals surface area contributed by atoms with Crippen molar-refractivity contribution >= 4 is 17.2 Å². The molecule has 1 aliphatic heterocycles. The zero-order valence-corrected chi connectivity index (χ0v) is 14.9. The van der Waals surface area contributed by atoms with Crippen molar-refractivity contribution in [3.05, 3.63) is 52.2 Å². The van der Waals surface area contributed by atoms with Crippen LogP contribution in [0.15, 0.2) is 41.8 Å². The minimum absolute atomic E-state index is 0.0508. The average Bonchev–Trinajstić information content (AvgIpc) is 3.16. The molecule has 0 radical (unpaired) electrons. The van der Waals surface area contributed by atoms with Crippen LogP contribution in [0.3, 0.4) is 0 Å². The highest BCUT2D eigenvalue weighted by Gasteiger charge is 2.24. The van der Waals surface area contributed by atoms with E-state index in [1.165, 1.54) is 23.5 Å². The van der Waals surface area contributed by atoms with Gasteiger partial charge in [-0.3, -0.25) is 9.69 Å². The molecule has 26 heavy (non-hydrogen) atoms. The summed E-state index contributed by atoms with van der Waals surface area (Å²) in [6.45, 7) is 0.159. The van der Waals surface area contributed by atoms with Gasteiger partial charge < -0.3 is 14.7 Å². The van der Waals surface area contributed by atoms with Gasteiger partial charge in [-0.2, -0.15) is 8.78 Å². The molecule has 140 valence electrons. The highest BCUT2D eigenvalue weighted by atomic mass is 32.1. The van der Waals surface area contributed by atoms with Crippen LogP contribution in [0.4, 0.5) is 8.78 Å². The maximum atomic E-state index is 12.3. The molecule has 0 saturated carbocycles. The summed E-state index contributed by atoms with van der Waals surface area (Å²) in [5.41, 5.74) is 0.642. The molecule has 8 heteroatoms. The fourth-order valence-corrected chi connectivity index (χ4v) is 3.60. The summed E-state index contributed by atoms with van der Waals surface area (Å²) in [6.07, 6.45) is -0.727. The Morgan fingerprint density at radius 2 is 1.85 bits per heavy atom. The number of β-amino-alcohol motifs (C(OH)–C–C–N with tert-alkyl or cyclic N) is 1. The molecule has 1 aromatic heterocycles. The largest absolute Gasteiger partial charge is 0.435 e. The molecule has 1 aliphatic rings. The van der Waals surface area contributed by atoms with Crippen LogP contribution in [-0.4, -0.2) is 60.1 Å². The van der Waals surface area contributed by atoms with Gasteiger partial charge in [0.25, 0.3) is 5.91 Å². The SMILES string of the molecule is O=C(c1cccs1)N1CCN(CC(O)c2ccc(OC(F)F)cc2)CC1. The fraction of sp³-hybridized carbons (Fsp3) is 0.389. The molecule has 1 unspecified atom stereocenters. The first kappa shape index (κ1) is 18.8. The molecule has 1 aromatic carbocycles. The van der Waals surface area contributed by atoms with Gasteiger partial charge in [0.1, 0.15) is 5.75 Å². The Morgan fingerprint density at radius 3 is 2.42 bits per heavy atom. The van der Waals surface area contributed by atoms with Crippen LogP contribution in [-0.2, 0) is 0 Å². The van der Waals surface area contributed by atoms with Crippen LogP contribution in [0, 0.1) is 0 Å². The molecule has 1 N–H and O–H groups in total. The Hall–Kier alpha value is -2.03. The monoisotopic (exact) mass is 382 g/mol. The van der Waals surface area contributed by atoms with E-state index in [0.29, 0.717) is 38.3 Å². The molecule has 1 amide bonds. The first-order valence-corrected chi connectivity index (χ1v) is 9.19. The van der Waals surface area contributed by atoms with Crippen molar-refractivity contribution in [3.63, 3.8) is 0 Å². The lowest BCUT2D eigenvalue weighted by molar-refractivity contribution is -0.0498. The van der Waals surface area contributed by atoms with Crippen LogP contribution >= 0.6 is 11.3 Å². The predicted octanol–water partition coefficient (Wildman–Crippen LogP) is 2.84. The minimum Gasteiger partial charge on any atom is -0.435 e. The second-order valence-corrected chi connectivity index (χ2v) is 6.98.